The van der Waals surface area contributed by atoms with Gasteiger partial charge in [-0.15, -0.1) is 0 Å². The summed E-state index contributed by atoms with van der Waals surface area (Å²) < 4.78 is 0.784. The van der Waals surface area contributed by atoms with Gasteiger partial charge >= 0.3 is 5.97 Å². The molecule has 0 aliphatic rings. The number of para-hydroxylation sites is 1. The summed E-state index contributed by atoms with van der Waals surface area (Å²) in [4.78, 5) is 23.9. The van der Waals surface area contributed by atoms with Crippen molar-refractivity contribution < 1.29 is 14.7 Å². The molecule has 0 atom stereocenters. The van der Waals surface area contributed by atoms with Gasteiger partial charge in [0.05, 0.1) is 12.1 Å². The molecule has 92 valence electrons. The zero-order valence-corrected chi connectivity index (χ0v) is 11.1. The number of carboxylic acid groups (broad SMARTS) is 1. The highest BCUT2D eigenvalue weighted by Gasteiger charge is 2.17. The van der Waals surface area contributed by atoms with Crippen LogP contribution in [-0.4, -0.2) is 23.5 Å². The molecule has 0 bridgehead atoms. The Bertz CT molecular complexity index is 420. The number of hydrogen-bond acceptors (Lipinski definition) is 2. The number of nitrogens with zero attached hydrogens (tertiary/aromatic N) is 1. The summed E-state index contributed by atoms with van der Waals surface area (Å²) in [5, 5.41) is 8.68. The minimum absolute atomic E-state index is 0.0624. The zero-order chi connectivity index (χ0) is 12.8. The first-order valence-corrected chi connectivity index (χ1v) is 6.12. The molecule has 17 heavy (non-hydrogen) atoms. The van der Waals surface area contributed by atoms with Crippen molar-refractivity contribution in [1.82, 2.24) is 0 Å². The topological polar surface area (TPSA) is 57.6 Å². The normalized spacial score (nSPS) is 10.0. The third-order valence-electron chi connectivity index (χ3n) is 2.30. The van der Waals surface area contributed by atoms with Crippen LogP contribution < -0.4 is 4.90 Å². The van der Waals surface area contributed by atoms with Crippen molar-refractivity contribution in [2.24, 2.45) is 0 Å². The van der Waals surface area contributed by atoms with E-state index in [9.17, 15) is 9.59 Å². The van der Waals surface area contributed by atoms with Crippen LogP contribution in [0.2, 0.25) is 0 Å². The fraction of sp³-hybridized carbons (Fsp3) is 0.333. The third-order valence-corrected chi connectivity index (χ3v) is 2.97. The van der Waals surface area contributed by atoms with Crippen LogP contribution in [0.3, 0.4) is 0 Å². The lowest BCUT2D eigenvalue weighted by molar-refractivity contribution is -0.136. The molecule has 1 aromatic carbocycles. The average Bonchev–Trinajstić information content (AvgIpc) is 2.30. The summed E-state index contributed by atoms with van der Waals surface area (Å²) in [6.07, 6.45) is 0.286. The number of amides is 1. The predicted molar refractivity (Wildman–Crippen MR) is 69.0 cm³/mol. The standard InChI is InChI=1S/C12H14BrNO3/c1-2-11(15)14(8-7-12(16)17)10-6-4-3-5-9(10)13/h3-6H,2,7-8H2,1H3,(H,16,17). The molecule has 0 saturated carbocycles. The summed E-state index contributed by atoms with van der Waals surface area (Å²) in [5.74, 6) is -0.996. The lowest BCUT2D eigenvalue weighted by Gasteiger charge is -2.22. The highest BCUT2D eigenvalue weighted by atomic mass is 79.9. The Morgan fingerprint density at radius 1 is 1.35 bits per heavy atom. The second kappa shape index (κ2) is 6.39. The molecule has 0 aromatic heterocycles. The number of benzene rings is 1. The molecule has 0 spiro atoms. The van der Waals surface area contributed by atoms with Crippen LogP contribution in [0.4, 0.5) is 5.69 Å². The number of aliphatic carboxylic acids is 1. The van der Waals surface area contributed by atoms with E-state index in [0.717, 1.165) is 4.47 Å². The van der Waals surface area contributed by atoms with E-state index in [2.05, 4.69) is 15.9 Å². The van der Waals surface area contributed by atoms with Crippen molar-refractivity contribution in [3.63, 3.8) is 0 Å². The summed E-state index contributed by atoms with van der Waals surface area (Å²) >= 11 is 3.36. The number of carbonyl (C=O) groups is 2. The van der Waals surface area contributed by atoms with E-state index in [1.807, 2.05) is 18.2 Å². The first-order chi connectivity index (χ1) is 8.06. The number of anilines is 1. The van der Waals surface area contributed by atoms with Gasteiger partial charge in [0.2, 0.25) is 5.91 Å². The number of rotatable bonds is 5. The van der Waals surface area contributed by atoms with Crippen molar-refractivity contribution in [2.45, 2.75) is 19.8 Å². The smallest absolute Gasteiger partial charge is 0.305 e. The van der Waals surface area contributed by atoms with Crippen molar-refractivity contribution in [3.05, 3.63) is 28.7 Å². The molecule has 1 N–H and O–H groups in total. The van der Waals surface area contributed by atoms with E-state index in [0.29, 0.717) is 12.1 Å². The molecule has 0 heterocycles. The monoisotopic (exact) mass is 299 g/mol. The Balaban J connectivity index is 2.94. The van der Waals surface area contributed by atoms with Crippen molar-refractivity contribution in [3.8, 4) is 0 Å². The van der Waals surface area contributed by atoms with Crippen LogP contribution >= 0.6 is 15.9 Å². The summed E-state index contributed by atoms with van der Waals surface area (Å²) in [6, 6.07) is 7.28. The van der Waals surface area contributed by atoms with Crippen LogP contribution in [0, 0.1) is 0 Å². The Hall–Kier alpha value is -1.36. The number of hydrogen-bond donors (Lipinski definition) is 1. The number of carbonyl (C=O) groups excluding carboxylic acids is 1. The van der Waals surface area contributed by atoms with Gasteiger partial charge in [-0.25, -0.2) is 0 Å². The van der Waals surface area contributed by atoms with E-state index in [4.69, 9.17) is 5.11 Å². The Labute approximate surface area is 108 Å². The Kier molecular flexibility index (Phi) is 5.15. The largest absolute Gasteiger partial charge is 0.481 e. The maximum atomic E-state index is 11.8. The van der Waals surface area contributed by atoms with Crippen LogP contribution in [0.5, 0.6) is 0 Å². The van der Waals surface area contributed by atoms with Gasteiger partial charge in [0.1, 0.15) is 0 Å². The quantitative estimate of drug-likeness (QED) is 0.909. The predicted octanol–water partition coefficient (Wildman–Crippen LogP) is 2.67. The SMILES string of the molecule is CCC(=O)N(CCC(=O)O)c1ccccc1Br. The van der Waals surface area contributed by atoms with E-state index >= 15 is 0 Å². The first-order valence-electron chi connectivity index (χ1n) is 5.33. The van der Waals surface area contributed by atoms with Crippen molar-refractivity contribution in [2.75, 3.05) is 11.4 Å². The maximum absolute atomic E-state index is 11.8. The molecule has 1 rings (SSSR count). The van der Waals surface area contributed by atoms with Crippen LogP contribution in [0.1, 0.15) is 19.8 Å². The molecule has 1 amide bonds. The van der Waals surface area contributed by atoms with Gasteiger partial charge in [-0.05, 0) is 28.1 Å². The Morgan fingerprint density at radius 2 is 2.00 bits per heavy atom. The minimum atomic E-state index is -0.911. The third kappa shape index (κ3) is 3.85. The minimum Gasteiger partial charge on any atom is -0.481 e. The van der Waals surface area contributed by atoms with Gasteiger partial charge in [0, 0.05) is 17.4 Å². The van der Waals surface area contributed by atoms with Gasteiger partial charge < -0.3 is 10.0 Å². The first kappa shape index (κ1) is 13.7. The van der Waals surface area contributed by atoms with Crippen LogP contribution in [-0.2, 0) is 9.59 Å². The van der Waals surface area contributed by atoms with Crippen molar-refractivity contribution in [1.29, 1.82) is 0 Å². The lowest BCUT2D eigenvalue weighted by Crippen LogP contribution is -2.32. The fourth-order valence-electron chi connectivity index (χ4n) is 1.45. The highest BCUT2D eigenvalue weighted by Crippen LogP contribution is 2.26. The maximum Gasteiger partial charge on any atom is 0.305 e. The van der Waals surface area contributed by atoms with E-state index < -0.39 is 5.97 Å². The second-order valence-electron chi connectivity index (χ2n) is 3.49. The van der Waals surface area contributed by atoms with E-state index in [-0.39, 0.29) is 18.9 Å². The summed E-state index contributed by atoms with van der Waals surface area (Å²) in [7, 11) is 0. The van der Waals surface area contributed by atoms with Crippen molar-refractivity contribution >= 4 is 33.5 Å². The molecular weight excluding hydrogens is 286 g/mol. The molecular formula is C12H14BrNO3. The number of halogens is 1. The lowest BCUT2D eigenvalue weighted by atomic mass is 10.2. The molecule has 0 fully saturated rings. The molecule has 0 aliphatic carbocycles. The summed E-state index contributed by atoms with van der Waals surface area (Å²) in [6.45, 7) is 1.94. The zero-order valence-electron chi connectivity index (χ0n) is 9.52. The van der Waals surface area contributed by atoms with Gasteiger partial charge in [-0.3, -0.25) is 9.59 Å². The van der Waals surface area contributed by atoms with Gasteiger partial charge in [0.15, 0.2) is 0 Å². The molecule has 0 radical (unpaired) electrons. The molecule has 1 aromatic rings. The highest BCUT2D eigenvalue weighted by molar-refractivity contribution is 9.10. The summed E-state index contributed by atoms with van der Waals surface area (Å²) in [5.41, 5.74) is 0.709. The average molecular weight is 300 g/mol. The van der Waals surface area contributed by atoms with Crippen LogP contribution in [0.15, 0.2) is 28.7 Å². The van der Waals surface area contributed by atoms with E-state index in [1.165, 1.54) is 4.90 Å². The van der Waals surface area contributed by atoms with Crippen LogP contribution in [0.25, 0.3) is 0 Å². The number of carboxylic acids is 1. The molecule has 4 nitrogen and oxygen atoms in total. The molecule has 5 heteroatoms. The van der Waals surface area contributed by atoms with Gasteiger partial charge in [-0.1, -0.05) is 19.1 Å². The molecule has 0 saturated heterocycles. The van der Waals surface area contributed by atoms with Gasteiger partial charge in [-0.2, -0.15) is 0 Å². The second-order valence-corrected chi connectivity index (χ2v) is 4.35. The Morgan fingerprint density at radius 3 is 2.53 bits per heavy atom. The fourth-order valence-corrected chi connectivity index (χ4v) is 1.95. The van der Waals surface area contributed by atoms with Gasteiger partial charge in [0.25, 0.3) is 0 Å². The molecule has 0 aliphatic heterocycles. The molecule has 0 unspecified atom stereocenters. The van der Waals surface area contributed by atoms with E-state index in [1.54, 1.807) is 13.0 Å².